The third kappa shape index (κ3) is 3.97. The largest absolute Gasteiger partial charge is 0.449 e. The third-order valence-corrected chi connectivity index (χ3v) is 3.97. The number of H-pyrrole nitrogens is 1. The standard InChI is InChI=1S/C16H19N3O4/c1-11(23-15(22)12-6-5-9-18-14(12)21)13(20)19-16(10-17)7-3-2-4-8-16/h5-6,9,11H,2-4,7-8H2,1H3,(H,18,21)(H,19,20)/t11-/m1/s1. The maximum Gasteiger partial charge on any atom is 0.344 e. The Bertz CT molecular complexity index is 683. The monoisotopic (exact) mass is 317 g/mol. The Morgan fingerprint density at radius 1 is 1.39 bits per heavy atom. The molecular formula is C16H19N3O4. The zero-order chi connectivity index (χ0) is 16.9. The van der Waals surface area contributed by atoms with Gasteiger partial charge in [-0.2, -0.15) is 5.26 Å². The second kappa shape index (κ2) is 7.09. The Kier molecular flexibility index (Phi) is 5.16. The molecule has 1 fully saturated rings. The normalized spacial score (nSPS) is 17.6. The van der Waals surface area contributed by atoms with Crippen LogP contribution in [0.5, 0.6) is 0 Å². The zero-order valence-electron chi connectivity index (χ0n) is 12.9. The van der Waals surface area contributed by atoms with E-state index in [1.54, 1.807) is 0 Å². The van der Waals surface area contributed by atoms with E-state index in [0.29, 0.717) is 12.8 Å². The minimum atomic E-state index is -1.09. The molecule has 2 N–H and O–H groups in total. The van der Waals surface area contributed by atoms with Crippen molar-refractivity contribution in [3.63, 3.8) is 0 Å². The molecule has 0 unspecified atom stereocenters. The van der Waals surface area contributed by atoms with Crippen LogP contribution in [0.1, 0.15) is 49.4 Å². The molecular weight excluding hydrogens is 298 g/mol. The van der Waals surface area contributed by atoms with Gasteiger partial charge in [0.05, 0.1) is 6.07 Å². The molecule has 7 heteroatoms. The number of amides is 1. The van der Waals surface area contributed by atoms with Crippen LogP contribution in [0.2, 0.25) is 0 Å². The zero-order valence-corrected chi connectivity index (χ0v) is 12.9. The van der Waals surface area contributed by atoms with Gasteiger partial charge in [-0.25, -0.2) is 4.79 Å². The lowest BCUT2D eigenvalue weighted by Gasteiger charge is -2.32. The summed E-state index contributed by atoms with van der Waals surface area (Å²) < 4.78 is 5.03. The number of hydrogen-bond acceptors (Lipinski definition) is 5. The molecule has 0 bridgehead atoms. The molecule has 1 atom stereocenters. The first-order chi connectivity index (χ1) is 11.0. The fraction of sp³-hybridized carbons (Fsp3) is 0.500. The minimum Gasteiger partial charge on any atom is -0.449 e. The minimum absolute atomic E-state index is 0.167. The molecule has 0 spiro atoms. The molecule has 2 rings (SSSR count). The van der Waals surface area contributed by atoms with E-state index < -0.39 is 29.1 Å². The number of rotatable bonds is 4. The summed E-state index contributed by atoms with van der Waals surface area (Å²) in [5.41, 5.74) is -1.63. The second-order valence-corrected chi connectivity index (χ2v) is 5.70. The summed E-state index contributed by atoms with van der Waals surface area (Å²) in [6.45, 7) is 1.41. The number of nitrogens with one attached hydrogen (secondary N) is 2. The number of nitriles is 1. The number of pyridine rings is 1. The van der Waals surface area contributed by atoms with Crippen LogP contribution in [-0.2, 0) is 9.53 Å². The Hall–Kier alpha value is -2.62. The lowest BCUT2D eigenvalue weighted by molar-refractivity contribution is -0.130. The predicted molar refractivity (Wildman–Crippen MR) is 81.5 cm³/mol. The highest BCUT2D eigenvalue weighted by atomic mass is 16.5. The van der Waals surface area contributed by atoms with Gasteiger partial charge in [-0.05, 0) is 31.9 Å². The molecule has 0 aliphatic heterocycles. The summed E-state index contributed by atoms with van der Waals surface area (Å²) >= 11 is 0. The molecule has 1 aromatic rings. The van der Waals surface area contributed by atoms with Crippen LogP contribution in [0.25, 0.3) is 0 Å². The molecule has 1 heterocycles. The molecule has 1 aliphatic rings. The number of aromatic amines is 1. The molecule has 7 nitrogen and oxygen atoms in total. The first-order valence-corrected chi connectivity index (χ1v) is 7.59. The fourth-order valence-electron chi connectivity index (χ4n) is 2.62. The van der Waals surface area contributed by atoms with Crippen LogP contribution in [0, 0.1) is 11.3 Å². The van der Waals surface area contributed by atoms with Gasteiger partial charge >= 0.3 is 5.97 Å². The molecule has 122 valence electrons. The summed E-state index contributed by atoms with van der Waals surface area (Å²) in [6.07, 6.45) is 4.29. The third-order valence-electron chi connectivity index (χ3n) is 3.97. The van der Waals surface area contributed by atoms with Crippen molar-refractivity contribution in [2.24, 2.45) is 0 Å². The predicted octanol–water partition coefficient (Wildman–Crippen LogP) is 1.26. The van der Waals surface area contributed by atoms with E-state index in [9.17, 15) is 19.6 Å². The van der Waals surface area contributed by atoms with Crippen molar-refractivity contribution in [2.75, 3.05) is 0 Å². The lowest BCUT2D eigenvalue weighted by Crippen LogP contribution is -2.52. The van der Waals surface area contributed by atoms with Crippen molar-refractivity contribution < 1.29 is 14.3 Å². The number of esters is 1. The average molecular weight is 317 g/mol. The van der Waals surface area contributed by atoms with Gasteiger partial charge in [-0.3, -0.25) is 9.59 Å². The number of carbonyl (C=O) groups excluding carboxylic acids is 2. The van der Waals surface area contributed by atoms with E-state index in [1.165, 1.54) is 25.3 Å². The Labute approximate surface area is 133 Å². The second-order valence-electron chi connectivity index (χ2n) is 5.70. The van der Waals surface area contributed by atoms with Crippen LogP contribution in [-0.4, -0.2) is 28.5 Å². The SMILES string of the molecule is C[C@@H](OC(=O)c1ccc[nH]c1=O)C(=O)NC1(C#N)CCCCC1. The van der Waals surface area contributed by atoms with Crippen LogP contribution in [0.4, 0.5) is 0 Å². The molecule has 0 aromatic carbocycles. The first-order valence-electron chi connectivity index (χ1n) is 7.59. The molecule has 1 aliphatic carbocycles. The molecule has 0 radical (unpaired) electrons. The summed E-state index contributed by atoms with van der Waals surface area (Å²) in [4.78, 5) is 38.0. The van der Waals surface area contributed by atoms with Crippen molar-refractivity contribution in [2.45, 2.75) is 50.7 Å². The molecule has 1 amide bonds. The van der Waals surface area contributed by atoms with E-state index in [0.717, 1.165) is 19.3 Å². The van der Waals surface area contributed by atoms with E-state index >= 15 is 0 Å². The Morgan fingerprint density at radius 3 is 2.70 bits per heavy atom. The van der Waals surface area contributed by atoms with E-state index in [1.807, 2.05) is 0 Å². The van der Waals surface area contributed by atoms with Gasteiger partial charge in [0.15, 0.2) is 6.10 Å². The van der Waals surface area contributed by atoms with Gasteiger partial charge in [0.1, 0.15) is 11.1 Å². The lowest BCUT2D eigenvalue weighted by atomic mass is 9.83. The molecule has 1 aromatic heterocycles. The average Bonchev–Trinajstić information content (AvgIpc) is 2.55. The van der Waals surface area contributed by atoms with Crippen LogP contribution < -0.4 is 10.9 Å². The van der Waals surface area contributed by atoms with Crippen molar-refractivity contribution >= 4 is 11.9 Å². The van der Waals surface area contributed by atoms with Crippen molar-refractivity contribution in [1.82, 2.24) is 10.3 Å². The van der Waals surface area contributed by atoms with Gasteiger partial charge in [-0.1, -0.05) is 19.3 Å². The van der Waals surface area contributed by atoms with Gasteiger partial charge in [0.2, 0.25) is 0 Å². The summed E-state index contributed by atoms with van der Waals surface area (Å²) in [5.74, 6) is -1.40. The first kappa shape index (κ1) is 16.7. The number of carbonyl (C=O) groups is 2. The quantitative estimate of drug-likeness (QED) is 0.812. The summed E-state index contributed by atoms with van der Waals surface area (Å²) in [7, 11) is 0. The number of hydrogen-bond donors (Lipinski definition) is 2. The Balaban J connectivity index is 2.00. The molecule has 23 heavy (non-hydrogen) atoms. The fourth-order valence-corrected chi connectivity index (χ4v) is 2.62. The highest BCUT2D eigenvalue weighted by Crippen LogP contribution is 2.27. The van der Waals surface area contributed by atoms with Crippen LogP contribution >= 0.6 is 0 Å². The van der Waals surface area contributed by atoms with E-state index in [-0.39, 0.29) is 5.56 Å². The van der Waals surface area contributed by atoms with Crippen molar-refractivity contribution in [3.8, 4) is 6.07 Å². The van der Waals surface area contributed by atoms with Crippen LogP contribution in [0.3, 0.4) is 0 Å². The van der Waals surface area contributed by atoms with E-state index in [2.05, 4.69) is 16.4 Å². The van der Waals surface area contributed by atoms with Gasteiger partial charge in [-0.15, -0.1) is 0 Å². The van der Waals surface area contributed by atoms with Crippen molar-refractivity contribution in [1.29, 1.82) is 5.26 Å². The van der Waals surface area contributed by atoms with E-state index in [4.69, 9.17) is 4.74 Å². The molecule has 0 saturated heterocycles. The summed E-state index contributed by atoms with van der Waals surface area (Å²) in [5, 5.41) is 12.0. The smallest absolute Gasteiger partial charge is 0.344 e. The maximum absolute atomic E-state index is 12.2. The highest BCUT2D eigenvalue weighted by Gasteiger charge is 2.35. The number of ether oxygens (including phenoxy) is 1. The van der Waals surface area contributed by atoms with Gasteiger partial charge in [0, 0.05) is 6.20 Å². The van der Waals surface area contributed by atoms with Gasteiger partial charge < -0.3 is 15.0 Å². The van der Waals surface area contributed by atoms with Crippen LogP contribution in [0.15, 0.2) is 23.1 Å². The molecule has 1 saturated carbocycles. The van der Waals surface area contributed by atoms with Gasteiger partial charge in [0.25, 0.3) is 11.5 Å². The highest BCUT2D eigenvalue weighted by molar-refractivity contribution is 5.92. The topological polar surface area (TPSA) is 112 Å². The Morgan fingerprint density at radius 2 is 2.09 bits per heavy atom. The van der Waals surface area contributed by atoms with Crippen molar-refractivity contribution in [3.05, 3.63) is 34.2 Å². The number of nitrogens with zero attached hydrogens (tertiary/aromatic N) is 1. The summed E-state index contributed by atoms with van der Waals surface area (Å²) in [6, 6.07) is 4.99. The maximum atomic E-state index is 12.2. The number of aromatic nitrogens is 1.